The molecular formula is C30H35BrN4O7S. The molecule has 0 aromatic heterocycles. The monoisotopic (exact) mass is 674 g/mol. The lowest BCUT2D eigenvalue weighted by Crippen LogP contribution is -2.52. The van der Waals surface area contributed by atoms with E-state index in [4.69, 9.17) is 4.74 Å². The van der Waals surface area contributed by atoms with Crippen molar-refractivity contribution in [2.75, 3.05) is 18.0 Å². The fourth-order valence-electron chi connectivity index (χ4n) is 4.19. The Morgan fingerprint density at radius 2 is 1.67 bits per heavy atom. The Bertz CT molecular complexity index is 1560. The maximum Gasteiger partial charge on any atom is 0.273 e. The number of anilines is 1. The molecule has 0 aliphatic heterocycles. The van der Waals surface area contributed by atoms with Gasteiger partial charge in [-0.3, -0.25) is 24.0 Å². The number of hydrogen-bond acceptors (Lipinski definition) is 7. The number of nitrogens with zero attached hydrogens (tertiary/aromatic N) is 3. The molecule has 0 saturated heterocycles. The van der Waals surface area contributed by atoms with Crippen molar-refractivity contribution in [1.29, 1.82) is 0 Å². The second kappa shape index (κ2) is 14.5. The van der Waals surface area contributed by atoms with E-state index in [1.807, 2.05) is 13.8 Å². The average molecular weight is 676 g/mol. The summed E-state index contributed by atoms with van der Waals surface area (Å²) in [5, 5.41) is 14.5. The lowest BCUT2D eigenvalue weighted by Gasteiger charge is -2.32. The molecule has 0 aliphatic rings. The number of nitro groups is 1. The number of methoxy groups -OCH3 is 1. The third-order valence-electron chi connectivity index (χ3n) is 7.04. The number of nitrogens with one attached hydrogen (secondary N) is 1. The summed E-state index contributed by atoms with van der Waals surface area (Å²) >= 11 is 3.39. The second-order valence-electron chi connectivity index (χ2n) is 10.1. The second-order valence-corrected chi connectivity index (χ2v) is 12.8. The van der Waals surface area contributed by atoms with Gasteiger partial charge in [0.05, 0.1) is 22.6 Å². The molecule has 0 bridgehead atoms. The van der Waals surface area contributed by atoms with Crippen LogP contribution in [0.4, 0.5) is 11.4 Å². The normalized spacial score (nSPS) is 12.6. The highest BCUT2D eigenvalue weighted by Gasteiger charge is 2.33. The first kappa shape index (κ1) is 33.5. The molecule has 11 nitrogen and oxygen atoms in total. The van der Waals surface area contributed by atoms with Crippen LogP contribution < -0.4 is 14.4 Å². The number of amides is 2. The van der Waals surface area contributed by atoms with Crippen LogP contribution in [0, 0.1) is 17.0 Å². The van der Waals surface area contributed by atoms with Crippen molar-refractivity contribution in [3.05, 3.63) is 92.4 Å². The number of ether oxygens (including phenoxy) is 1. The summed E-state index contributed by atoms with van der Waals surface area (Å²) in [7, 11) is -3.03. The molecule has 3 aromatic carbocycles. The summed E-state index contributed by atoms with van der Waals surface area (Å²) in [5.74, 6) is -0.561. The highest BCUT2D eigenvalue weighted by molar-refractivity contribution is 9.10. The molecular weight excluding hydrogens is 640 g/mol. The maximum absolute atomic E-state index is 14.0. The van der Waals surface area contributed by atoms with E-state index in [0.717, 1.165) is 20.4 Å². The minimum atomic E-state index is -4.49. The number of carbonyl (C=O) groups is 2. The zero-order valence-electron chi connectivity index (χ0n) is 24.6. The number of aryl methyl sites for hydroxylation is 1. The molecule has 13 heteroatoms. The van der Waals surface area contributed by atoms with Gasteiger partial charge in [0, 0.05) is 28.7 Å². The summed E-state index contributed by atoms with van der Waals surface area (Å²) in [6, 6.07) is 15.8. The Balaban J connectivity index is 2.08. The number of benzene rings is 3. The molecule has 0 aliphatic carbocycles. The summed E-state index contributed by atoms with van der Waals surface area (Å²) in [5.41, 5.74) is 0.789. The Hall–Kier alpha value is -3.97. The molecule has 3 rings (SSSR count). The summed E-state index contributed by atoms with van der Waals surface area (Å²) in [4.78, 5) is 39.1. The van der Waals surface area contributed by atoms with Gasteiger partial charge in [-0.05, 0) is 75.2 Å². The van der Waals surface area contributed by atoms with Crippen LogP contribution in [0.1, 0.15) is 38.3 Å². The van der Waals surface area contributed by atoms with Gasteiger partial charge in [-0.2, -0.15) is 0 Å². The molecule has 2 amide bonds. The number of sulfonamides is 1. The first-order valence-electron chi connectivity index (χ1n) is 13.5. The van der Waals surface area contributed by atoms with Crippen molar-refractivity contribution in [3.8, 4) is 5.75 Å². The summed E-state index contributed by atoms with van der Waals surface area (Å²) < 4.78 is 35.0. The van der Waals surface area contributed by atoms with Crippen molar-refractivity contribution in [3.63, 3.8) is 0 Å². The molecule has 0 radical (unpaired) electrons. The van der Waals surface area contributed by atoms with Crippen LogP contribution in [-0.4, -0.2) is 55.8 Å². The molecule has 0 saturated carbocycles. The van der Waals surface area contributed by atoms with Crippen molar-refractivity contribution in [1.82, 2.24) is 10.2 Å². The van der Waals surface area contributed by atoms with E-state index in [0.29, 0.717) is 12.2 Å². The topological polar surface area (TPSA) is 139 Å². The van der Waals surface area contributed by atoms with Gasteiger partial charge in [0.2, 0.25) is 11.8 Å². The van der Waals surface area contributed by atoms with Gasteiger partial charge >= 0.3 is 0 Å². The SMILES string of the molecule is CC[C@H](C)NC(=O)[C@H](C)N(Cc1ccc(Br)cc1)C(=O)CN(c1ccc(OC)cc1)S(=O)(=O)c1ccc(C)c([N+](=O)[O-])c1. The van der Waals surface area contributed by atoms with Crippen molar-refractivity contribution < 1.29 is 27.7 Å². The highest BCUT2D eigenvalue weighted by atomic mass is 79.9. The fourth-order valence-corrected chi connectivity index (χ4v) is 5.88. The van der Waals surface area contributed by atoms with E-state index in [1.165, 1.54) is 43.2 Å². The van der Waals surface area contributed by atoms with E-state index < -0.39 is 33.4 Å². The molecule has 2 atom stereocenters. The van der Waals surface area contributed by atoms with Crippen molar-refractivity contribution in [2.24, 2.45) is 0 Å². The average Bonchev–Trinajstić information content (AvgIpc) is 2.98. The van der Waals surface area contributed by atoms with Gasteiger partial charge in [0.15, 0.2) is 0 Å². The minimum Gasteiger partial charge on any atom is -0.497 e. The molecule has 1 N–H and O–H groups in total. The number of hydrogen-bond donors (Lipinski definition) is 1. The van der Waals surface area contributed by atoms with Crippen LogP contribution in [0.5, 0.6) is 5.75 Å². The van der Waals surface area contributed by atoms with Crippen molar-refractivity contribution in [2.45, 2.75) is 57.6 Å². The molecule has 0 spiro atoms. The van der Waals surface area contributed by atoms with E-state index in [9.17, 15) is 28.1 Å². The van der Waals surface area contributed by atoms with Gasteiger partial charge in [-0.25, -0.2) is 8.42 Å². The van der Waals surface area contributed by atoms with Crippen LogP contribution in [0.25, 0.3) is 0 Å². The molecule has 0 unspecified atom stereocenters. The standard InChI is InChI=1S/C30H35BrN4O7S/c1-6-21(3)32-30(37)22(4)33(18-23-8-10-24(31)11-9-23)29(36)19-34(25-12-14-26(42-5)15-13-25)43(40,41)27-16-7-20(2)28(17-27)35(38)39/h7-17,21-22H,6,18-19H2,1-5H3,(H,32,37)/t21-,22-/m0/s1. The van der Waals surface area contributed by atoms with Gasteiger partial charge < -0.3 is 15.0 Å². The molecule has 3 aromatic rings. The third kappa shape index (κ3) is 8.32. The van der Waals surface area contributed by atoms with Crippen molar-refractivity contribution >= 4 is 49.1 Å². The van der Waals surface area contributed by atoms with Crippen LogP contribution in [0.15, 0.2) is 76.1 Å². The van der Waals surface area contributed by atoms with Crippen LogP contribution in [-0.2, 0) is 26.2 Å². The predicted molar refractivity (Wildman–Crippen MR) is 167 cm³/mol. The Labute approximate surface area is 260 Å². The number of carbonyl (C=O) groups excluding carboxylic acids is 2. The zero-order valence-corrected chi connectivity index (χ0v) is 27.0. The summed E-state index contributed by atoms with van der Waals surface area (Å²) in [6.07, 6.45) is 0.686. The van der Waals surface area contributed by atoms with Gasteiger partial charge in [-0.1, -0.05) is 41.1 Å². The zero-order chi connectivity index (χ0) is 31.9. The quantitative estimate of drug-likeness (QED) is 0.194. The van der Waals surface area contributed by atoms with E-state index in [-0.39, 0.29) is 40.3 Å². The molecule has 0 heterocycles. The first-order chi connectivity index (χ1) is 20.3. The minimum absolute atomic E-state index is 0.0354. The lowest BCUT2D eigenvalue weighted by molar-refractivity contribution is -0.385. The molecule has 230 valence electrons. The molecule has 43 heavy (non-hydrogen) atoms. The third-order valence-corrected chi connectivity index (χ3v) is 9.34. The first-order valence-corrected chi connectivity index (χ1v) is 15.8. The number of halogens is 1. The number of nitro benzene ring substituents is 1. The maximum atomic E-state index is 14.0. The van der Waals surface area contributed by atoms with Crippen LogP contribution >= 0.6 is 15.9 Å². The van der Waals surface area contributed by atoms with E-state index in [2.05, 4.69) is 21.2 Å². The fraction of sp³-hybridized carbons (Fsp3) is 0.333. The smallest absolute Gasteiger partial charge is 0.273 e. The molecule has 0 fully saturated rings. The van der Waals surface area contributed by atoms with Crippen LogP contribution in [0.3, 0.4) is 0 Å². The highest BCUT2D eigenvalue weighted by Crippen LogP contribution is 2.29. The Kier molecular flexibility index (Phi) is 11.3. The number of rotatable bonds is 13. The van der Waals surface area contributed by atoms with Gasteiger partial charge in [-0.15, -0.1) is 0 Å². The van der Waals surface area contributed by atoms with Gasteiger partial charge in [0.1, 0.15) is 18.3 Å². The van der Waals surface area contributed by atoms with Crippen LogP contribution in [0.2, 0.25) is 0 Å². The predicted octanol–water partition coefficient (Wildman–Crippen LogP) is 5.20. The van der Waals surface area contributed by atoms with E-state index in [1.54, 1.807) is 43.3 Å². The largest absolute Gasteiger partial charge is 0.497 e. The lowest BCUT2D eigenvalue weighted by atomic mass is 10.1. The summed E-state index contributed by atoms with van der Waals surface area (Å²) in [6.45, 7) is 6.23. The Morgan fingerprint density at radius 1 is 1.05 bits per heavy atom. The Morgan fingerprint density at radius 3 is 2.23 bits per heavy atom. The van der Waals surface area contributed by atoms with E-state index >= 15 is 0 Å². The van der Waals surface area contributed by atoms with Gasteiger partial charge in [0.25, 0.3) is 15.7 Å².